The van der Waals surface area contributed by atoms with E-state index in [2.05, 4.69) is 10.3 Å². The first kappa shape index (κ1) is 16.4. The Morgan fingerprint density at radius 1 is 1.17 bits per heavy atom. The van der Waals surface area contributed by atoms with Gasteiger partial charge in [-0.2, -0.15) is 0 Å². The largest absolute Gasteiger partial charge is 0.462 e. The Balaban J connectivity index is 1.83. The highest BCUT2D eigenvalue weighted by Gasteiger charge is 2.16. The van der Waals surface area contributed by atoms with Gasteiger partial charge in [-0.15, -0.1) is 22.7 Å². The summed E-state index contributed by atoms with van der Waals surface area (Å²) in [7, 11) is 0. The van der Waals surface area contributed by atoms with Crippen LogP contribution in [0.25, 0.3) is 11.3 Å². The average Bonchev–Trinajstić information content (AvgIpc) is 3.27. The molecule has 7 heteroatoms. The molecule has 2 aromatic heterocycles. The molecule has 3 aromatic rings. The van der Waals surface area contributed by atoms with Crippen molar-refractivity contribution in [3.8, 4) is 11.3 Å². The number of amides is 1. The number of nitrogens with zero attached hydrogens (tertiary/aromatic N) is 1. The standard InChI is InChI=1S/C17H14N2O3S2/c1-2-22-16(21)12-7-4-3-6-11(12)13-10-24-17(18-13)19-15(20)14-8-5-9-23-14/h3-10H,2H2,1H3,(H,18,19,20). The molecule has 3 rings (SSSR count). The number of carbonyl (C=O) groups excluding carboxylic acids is 2. The van der Waals surface area contributed by atoms with Crippen molar-refractivity contribution >= 4 is 39.7 Å². The SMILES string of the molecule is CCOC(=O)c1ccccc1-c1csc(NC(=O)c2cccs2)n1. The van der Waals surface area contributed by atoms with Crippen LogP contribution in [-0.2, 0) is 4.74 Å². The van der Waals surface area contributed by atoms with Gasteiger partial charge in [0.2, 0.25) is 0 Å². The van der Waals surface area contributed by atoms with E-state index >= 15 is 0 Å². The predicted molar refractivity (Wildman–Crippen MR) is 95.8 cm³/mol. The maximum Gasteiger partial charge on any atom is 0.338 e. The Hall–Kier alpha value is -2.51. The molecule has 0 saturated carbocycles. The summed E-state index contributed by atoms with van der Waals surface area (Å²) in [5, 5.41) is 6.91. The number of rotatable bonds is 5. The normalized spacial score (nSPS) is 10.4. The van der Waals surface area contributed by atoms with Crippen LogP contribution in [0.1, 0.15) is 27.0 Å². The molecular formula is C17H14N2O3S2. The van der Waals surface area contributed by atoms with Crippen molar-refractivity contribution in [2.45, 2.75) is 6.92 Å². The van der Waals surface area contributed by atoms with Crippen molar-refractivity contribution in [2.75, 3.05) is 11.9 Å². The Bertz CT molecular complexity index is 856. The molecule has 0 aliphatic carbocycles. The van der Waals surface area contributed by atoms with E-state index in [0.29, 0.717) is 33.4 Å². The van der Waals surface area contributed by atoms with Crippen LogP contribution in [-0.4, -0.2) is 23.5 Å². The highest BCUT2D eigenvalue weighted by molar-refractivity contribution is 7.14. The lowest BCUT2D eigenvalue weighted by atomic mass is 10.1. The van der Waals surface area contributed by atoms with Gasteiger partial charge in [0, 0.05) is 10.9 Å². The zero-order valence-corrected chi connectivity index (χ0v) is 14.4. The fraction of sp³-hybridized carbons (Fsp3) is 0.118. The molecule has 0 aliphatic rings. The van der Waals surface area contributed by atoms with E-state index in [-0.39, 0.29) is 11.9 Å². The third-order valence-electron chi connectivity index (χ3n) is 3.17. The fourth-order valence-corrected chi connectivity index (χ4v) is 3.44. The number of ether oxygens (including phenoxy) is 1. The molecule has 0 atom stereocenters. The summed E-state index contributed by atoms with van der Waals surface area (Å²) in [6.45, 7) is 2.08. The molecular weight excluding hydrogens is 344 g/mol. The van der Waals surface area contributed by atoms with Gasteiger partial charge in [-0.3, -0.25) is 10.1 Å². The van der Waals surface area contributed by atoms with Crippen molar-refractivity contribution in [1.29, 1.82) is 0 Å². The van der Waals surface area contributed by atoms with E-state index in [9.17, 15) is 9.59 Å². The van der Waals surface area contributed by atoms with Crippen LogP contribution in [0, 0.1) is 0 Å². The monoisotopic (exact) mass is 358 g/mol. The molecule has 0 spiro atoms. The minimum atomic E-state index is -0.384. The van der Waals surface area contributed by atoms with Crippen molar-refractivity contribution in [1.82, 2.24) is 4.98 Å². The molecule has 24 heavy (non-hydrogen) atoms. The predicted octanol–water partition coefficient (Wildman–Crippen LogP) is 4.30. The van der Waals surface area contributed by atoms with Gasteiger partial charge in [0.05, 0.1) is 22.7 Å². The summed E-state index contributed by atoms with van der Waals surface area (Å²) in [5.41, 5.74) is 1.77. The fourth-order valence-electron chi connectivity index (χ4n) is 2.11. The van der Waals surface area contributed by atoms with Crippen molar-refractivity contribution in [2.24, 2.45) is 0 Å². The van der Waals surface area contributed by atoms with Crippen molar-refractivity contribution < 1.29 is 14.3 Å². The molecule has 122 valence electrons. The Kier molecular flexibility index (Phi) is 5.02. The summed E-state index contributed by atoms with van der Waals surface area (Å²) in [5.74, 6) is -0.574. The smallest absolute Gasteiger partial charge is 0.338 e. The molecule has 0 fully saturated rings. The number of thiophene rings is 1. The number of esters is 1. The first-order chi connectivity index (χ1) is 11.7. The average molecular weight is 358 g/mol. The van der Waals surface area contributed by atoms with Crippen molar-refractivity contribution in [3.05, 3.63) is 57.6 Å². The molecule has 0 bridgehead atoms. The molecule has 0 aliphatic heterocycles. The summed E-state index contributed by atoms with van der Waals surface area (Å²) < 4.78 is 5.08. The van der Waals surface area contributed by atoms with Crippen LogP contribution in [0.3, 0.4) is 0 Å². The number of carbonyl (C=O) groups is 2. The third kappa shape index (κ3) is 3.52. The van der Waals surface area contributed by atoms with Gasteiger partial charge >= 0.3 is 5.97 Å². The highest BCUT2D eigenvalue weighted by Crippen LogP contribution is 2.28. The summed E-state index contributed by atoms with van der Waals surface area (Å²) >= 11 is 2.68. The first-order valence-corrected chi connectivity index (χ1v) is 9.02. The lowest BCUT2D eigenvalue weighted by molar-refractivity contribution is 0.0527. The Labute approximate surface area is 146 Å². The highest BCUT2D eigenvalue weighted by atomic mass is 32.1. The molecule has 0 radical (unpaired) electrons. The molecule has 5 nitrogen and oxygen atoms in total. The second-order valence-corrected chi connectivity index (χ2v) is 6.54. The number of hydrogen-bond acceptors (Lipinski definition) is 6. The second-order valence-electron chi connectivity index (χ2n) is 4.74. The number of thiazole rings is 1. The van der Waals surface area contributed by atoms with E-state index in [1.807, 2.05) is 29.0 Å². The van der Waals surface area contributed by atoms with E-state index in [1.54, 1.807) is 25.1 Å². The van der Waals surface area contributed by atoms with Gasteiger partial charge in [-0.05, 0) is 24.4 Å². The van der Waals surface area contributed by atoms with Gasteiger partial charge in [0.25, 0.3) is 5.91 Å². The molecule has 0 unspecified atom stereocenters. The van der Waals surface area contributed by atoms with Crippen molar-refractivity contribution in [3.63, 3.8) is 0 Å². The number of aromatic nitrogens is 1. The molecule has 0 saturated heterocycles. The van der Waals surface area contributed by atoms with Crippen LogP contribution in [0.5, 0.6) is 0 Å². The lowest BCUT2D eigenvalue weighted by Gasteiger charge is -2.06. The van der Waals surface area contributed by atoms with Gasteiger partial charge in [-0.25, -0.2) is 9.78 Å². The van der Waals surface area contributed by atoms with Gasteiger partial charge in [0.15, 0.2) is 5.13 Å². The van der Waals surface area contributed by atoms with Crippen LogP contribution in [0.15, 0.2) is 47.2 Å². The number of nitrogens with one attached hydrogen (secondary N) is 1. The summed E-state index contributed by atoms with van der Waals surface area (Å²) in [6.07, 6.45) is 0. The minimum absolute atomic E-state index is 0.190. The molecule has 2 heterocycles. The lowest BCUT2D eigenvalue weighted by Crippen LogP contribution is -2.10. The molecule has 1 N–H and O–H groups in total. The summed E-state index contributed by atoms with van der Waals surface area (Å²) in [4.78, 5) is 29.2. The molecule has 1 aromatic carbocycles. The quantitative estimate of drug-likeness (QED) is 0.691. The van der Waals surface area contributed by atoms with Gasteiger partial charge in [0.1, 0.15) is 0 Å². The van der Waals surface area contributed by atoms with E-state index in [4.69, 9.17) is 4.74 Å². The van der Waals surface area contributed by atoms with Gasteiger partial charge < -0.3 is 4.74 Å². The number of hydrogen-bond donors (Lipinski definition) is 1. The van der Waals surface area contributed by atoms with Crippen LogP contribution in [0.2, 0.25) is 0 Å². The van der Waals surface area contributed by atoms with E-state index in [0.717, 1.165) is 0 Å². The zero-order chi connectivity index (χ0) is 16.9. The topological polar surface area (TPSA) is 68.3 Å². The first-order valence-electron chi connectivity index (χ1n) is 7.26. The van der Waals surface area contributed by atoms with Gasteiger partial charge in [-0.1, -0.05) is 24.3 Å². The minimum Gasteiger partial charge on any atom is -0.462 e. The number of anilines is 1. The maximum absolute atomic E-state index is 12.1. The second kappa shape index (κ2) is 7.37. The summed E-state index contributed by atoms with van der Waals surface area (Å²) in [6, 6.07) is 10.7. The Morgan fingerprint density at radius 2 is 2.00 bits per heavy atom. The maximum atomic E-state index is 12.1. The Morgan fingerprint density at radius 3 is 2.75 bits per heavy atom. The van der Waals surface area contributed by atoms with E-state index in [1.165, 1.54) is 22.7 Å². The van der Waals surface area contributed by atoms with Crippen LogP contribution < -0.4 is 5.32 Å². The van der Waals surface area contributed by atoms with Crippen LogP contribution >= 0.6 is 22.7 Å². The molecule has 1 amide bonds. The number of benzene rings is 1. The van der Waals surface area contributed by atoms with E-state index < -0.39 is 0 Å². The third-order valence-corrected chi connectivity index (χ3v) is 4.79. The van der Waals surface area contributed by atoms with Crippen LogP contribution in [0.4, 0.5) is 5.13 Å². The zero-order valence-electron chi connectivity index (χ0n) is 12.8.